The number of carbonyl (C=O) groups is 2. The van der Waals surface area contributed by atoms with Crippen molar-refractivity contribution >= 4 is 40.1 Å². The number of aromatic carboxylic acids is 1. The molecule has 45 heavy (non-hydrogen) atoms. The lowest BCUT2D eigenvalue weighted by molar-refractivity contribution is 0.0468. The minimum Gasteiger partial charge on any atom is -0.478 e. The third kappa shape index (κ3) is 8.84. The third-order valence-electron chi connectivity index (χ3n) is 7.58. The number of carbonyl (C=O) groups excluding carboxylic acids is 1. The smallest absolute Gasteiger partial charge is 0.336 e. The summed E-state index contributed by atoms with van der Waals surface area (Å²) in [5, 5.41) is 14.8. The topological polar surface area (TPSA) is 104 Å². The van der Waals surface area contributed by atoms with Gasteiger partial charge in [0.2, 0.25) is 5.36 Å². The first-order valence-electron chi connectivity index (χ1n) is 15.3. The SMILES string of the molecule is CN(C)c1ccc2c(-c3ccc(C(=O)NCCOCCOCCCCCCCl)cc3C(=O)O)c3ccc(=[N+](C)C)cc-3oc2c1. The van der Waals surface area contributed by atoms with Crippen LogP contribution < -0.4 is 20.1 Å². The third-order valence-corrected chi connectivity index (χ3v) is 7.85. The summed E-state index contributed by atoms with van der Waals surface area (Å²) in [5.41, 5.74) is 3.88. The van der Waals surface area contributed by atoms with Gasteiger partial charge in [0.25, 0.3) is 5.91 Å². The number of unbranched alkanes of at least 4 members (excludes halogenated alkanes) is 3. The Morgan fingerprint density at radius 1 is 0.889 bits per heavy atom. The molecule has 0 unspecified atom stereocenters. The molecule has 0 radical (unpaired) electrons. The largest absolute Gasteiger partial charge is 0.478 e. The summed E-state index contributed by atoms with van der Waals surface area (Å²) in [7, 11) is 7.81. The van der Waals surface area contributed by atoms with Crippen LogP contribution in [0.25, 0.3) is 33.4 Å². The number of halogens is 1. The molecule has 0 saturated heterocycles. The van der Waals surface area contributed by atoms with E-state index >= 15 is 0 Å². The zero-order valence-electron chi connectivity index (χ0n) is 26.5. The second kappa shape index (κ2) is 16.4. The van der Waals surface area contributed by atoms with Crippen molar-refractivity contribution < 1.29 is 28.6 Å². The summed E-state index contributed by atoms with van der Waals surface area (Å²) in [6.45, 7) is 2.24. The van der Waals surface area contributed by atoms with Crippen molar-refractivity contribution in [2.75, 3.05) is 71.9 Å². The van der Waals surface area contributed by atoms with E-state index < -0.39 is 5.97 Å². The van der Waals surface area contributed by atoms with Crippen molar-refractivity contribution in [1.29, 1.82) is 0 Å². The minimum absolute atomic E-state index is 0.0286. The van der Waals surface area contributed by atoms with Crippen molar-refractivity contribution in [3.8, 4) is 22.5 Å². The number of rotatable bonds is 16. The molecule has 1 aliphatic carbocycles. The maximum atomic E-state index is 13.0. The summed E-state index contributed by atoms with van der Waals surface area (Å²) in [5.74, 6) is -0.165. The molecule has 240 valence electrons. The van der Waals surface area contributed by atoms with Gasteiger partial charge in [-0.3, -0.25) is 4.79 Å². The van der Waals surface area contributed by atoms with Gasteiger partial charge in [0.15, 0.2) is 0 Å². The van der Waals surface area contributed by atoms with Crippen LogP contribution in [0.4, 0.5) is 5.69 Å². The van der Waals surface area contributed by atoms with E-state index in [1.807, 2.05) is 74.1 Å². The fourth-order valence-electron chi connectivity index (χ4n) is 5.11. The van der Waals surface area contributed by atoms with E-state index in [2.05, 4.69) is 5.32 Å². The Labute approximate surface area is 269 Å². The molecule has 2 aromatic rings. The number of anilines is 1. The van der Waals surface area contributed by atoms with Gasteiger partial charge in [0.05, 0.1) is 31.5 Å². The lowest BCUT2D eigenvalue weighted by Gasteiger charge is -2.19. The molecule has 2 aliphatic rings. The van der Waals surface area contributed by atoms with Gasteiger partial charge in [-0.15, -0.1) is 11.6 Å². The van der Waals surface area contributed by atoms with E-state index in [1.165, 1.54) is 6.07 Å². The van der Waals surface area contributed by atoms with Crippen LogP contribution in [0.3, 0.4) is 0 Å². The van der Waals surface area contributed by atoms with Crippen LogP contribution in [0, 0.1) is 0 Å². The Morgan fingerprint density at radius 3 is 2.33 bits per heavy atom. The Kier molecular flexibility index (Phi) is 12.4. The fourth-order valence-corrected chi connectivity index (χ4v) is 5.30. The molecular formula is C35H43ClN3O6+. The van der Waals surface area contributed by atoms with Crippen LogP contribution in [0.2, 0.25) is 0 Å². The van der Waals surface area contributed by atoms with Crippen LogP contribution in [0.15, 0.2) is 59.0 Å². The van der Waals surface area contributed by atoms with E-state index in [4.69, 9.17) is 25.5 Å². The highest BCUT2D eigenvalue weighted by Gasteiger charge is 2.23. The molecule has 0 spiro atoms. The number of carboxylic acids is 1. The Morgan fingerprint density at radius 2 is 1.62 bits per heavy atom. The van der Waals surface area contributed by atoms with Crippen molar-refractivity contribution in [1.82, 2.24) is 9.89 Å². The first kappa shape index (κ1) is 34.0. The van der Waals surface area contributed by atoms with Gasteiger partial charge in [0.1, 0.15) is 25.4 Å². The zero-order valence-corrected chi connectivity index (χ0v) is 27.3. The maximum Gasteiger partial charge on any atom is 0.336 e. The highest BCUT2D eigenvalue weighted by molar-refractivity contribution is 6.17. The first-order valence-corrected chi connectivity index (χ1v) is 15.8. The van der Waals surface area contributed by atoms with Crippen LogP contribution in [0.1, 0.15) is 46.4 Å². The molecule has 2 N–H and O–H groups in total. The standard InChI is InChI=1S/C35H42ClN3O6/c1-38(2)25-10-13-28-31(22-25)45-32-23-26(39(3)4)11-14-29(32)33(28)27-12-9-24(21-30(27)35(41)42)34(40)37-16-18-44-20-19-43-17-8-6-5-7-15-36/h9-14,21-23H,5-8,15-20H2,1-4H3,(H-,37,40,41,42)/p+1. The molecule has 10 heteroatoms. The first-order chi connectivity index (χ1) is 21.7. The highest BCUT2D eigenvalue weighted by Crippen LogP contribution is 2.42. The molecule has 2 aromatic carbocycles. The summed E-state index contributed by atoms with van der Waals surface area (Å²) in [4.78, 5) is 27.5. The zero-order chi connectivity index (χ0) is 32.3. The fraction of sp³-hybridized carbons (Fsp3) is 0.400. The van der Waals surface area contributed by atoms with Gasteiger partial charge in [-0.05, 0) is 48.7 Å². The lowest BCUT2D eigenvalue weighted by Crippen LogP contribution is -2.28. The summed E-state index contributed by atoms with van der Waals surface area (Å²) in [6.07, 6.45) is 4.26. The number of nitrogens with one attached hydrogen (secondary N) is 1. The van der Waals surface area contributed by atoms with Gasteiger partial charge in [-0.2, -0.15) is 0 Å². The molecule has 1 heterocycles. The van der Waals surface area contributed by atoms with Crippen LogP contribution in [-0.4, -0.2) is 84.0 Å². The number of fused-ring (bicyclic) bond motifs is 2. The molecular weight excluding hydrogens is 594 g/mol. The molecule has 0 bridgehead atoms. The number of alkyl halides is 1. The van der Waals surface area contributed by atoms with Gasteiger partial charge < -0.3 is 29.2 Å². The summed E-state index contributed by atoms with van der Waals surface area (Å²) in [6, 6.07) is 16.5. The van der Waals surface area contributed by atoms with Crippen molar-refractivity contribution in [3.05, 3.63) is 71.1 Å². The molecule has 1 amide bonds. The Balaban J connectivity index is 1.52. The van der Waals surface area contributed by atoms with Gasteiger partial charge in [-0.1, -0.05) is 18.9 Å². The Bertz CT molecular complexity index is 1660. The normalized spacial score (nSPS) is 11.2. The predicted molar refractivity (Wildman–Crippen MR) is 180 cm³/mol. The van der Waals surface area contributed by atoms with Gasteiger partial charge in [0, 0.05) is 73.0 Å². The van der Waals surface area contributed by atoms with Crippen molar-refractivity contribution in [2.24, 2.45) is 0 Å². The van der Waals surface area contributed by atoms with E-state index in [-0.39, 0.29) is 17.0 Å². The number of hydrogen-bond donors (Lipinski definition) is 2. The average Bonchev–Trinajstić information content (AvgIpc) is 3.03. The number of ether oxygens (including phenoxy) is 2. The van der Waals surface area contributed by atoms with Crippen LogP contribution >= 0.6 is 11.6 Å². The number of carboxylic acid groups (broad SMARTS) is 1. The van der Waals surface area contributed by atoms with Crippen molar-refractivity contribution in [3.63, 3.8) is 0 Å². The van der Waals surface area contributed by atoms with E-state index in [9.17, 15) is 14.7 Å². The summed E-state index contributed by atoms with van der Waals surface area (Å²) >= 11 is 5.68. The predicted octanol–water partition coefficient (Wildman–Crippen LogP) is 5.56. The average molecular weight is 637 g/mol. The van der Waals surface area contributed by atoms with Gasteiger partial charge >= 0.3 is 5.97 Å². The molecule has 0 saturated carbocycles. The summed E-state index contributed by atoms with van der Waals surface area (Å²) < 4.78 is 19.5. The van der Waals surface area contributed by atoms with Gasteiger partial charge in [-0.25, -0.2) is 9.37 Å². The Hall–Kier alpha value is -3.92. The molecule has 0 atom stereocenters. The quantitative estimate of drug-likeness (QED) is 0.0718. The number of hydrogen-bond acceptors (Lipinski definition) is 6. The van der Waals surface area contributed by atoms with Crippen LogP contribution in [0.5, 0.6) is 0 Å². The minimum atomic E-state index is -1.13. The molecule has 0 aromatic heterocycles. The number of benzene rings is 3. The molecule has 9 nitrogen and oxygen atoms in total. The molecule has 0 fully saturated rings. The van der Waals surface area contributed by atoms with E-state index in [0.717, 1.165) is 53.2 Å². The molecule has 1 aliphatic heterocycles. The number of nitrogens with zero attached hydrogens (tertiary/aromatic N) is 2. The monoisotopic (exact) mass is 636 g/mol. The highest BCUT2D eigenvalue weighted by atomic mass is 35.5. The van der Waals surface area contributed by atoms with E-state index in [0.29, 0.717) is 55.8 Å². The van der Waals surface area contributed by atoms with Crippen LogP contribution in [-0.2, 0) is 9.47 Å². The van der Waals surface area contributed by atoms with E-state index in [1.54, 1.807) is 12.1 Å². The van der Waals surface area contributed by atoms with Crippen molar-refractivity contribution in [2.45, 2.75) is 25.7 Å². The number of amides is 1. The lowest BCUT2D eigenvalue weighted by atomic mass is 9.89. The maximum absolute atomic E-state index is 13.0. The second-order valence-corrected chi connectivity index (χ2v) is 11.7. The second-order valence-electron chi connectivity index (χ2n) is 11.3. The molecule has 4 rings (SSSR count).